The molecule has 3 rings (SSSR count). The van der Waals surface area contributed by atoms with Crippen molar-refractivity contribution >= 4 is 17.2 Å². The van der Waals surface area contributed by atoms with Gasteiger partial charge in [-0.15, -0.1) is 0 Å². The van der Waals surface area contributed by atoms with Crippen molar-refractivity contribution in [1.29, 1.82) is 0 Å². The van der Waals surface area contributed by atoms with Crippen LogP contribution in [0, 0.1) is 0 Å². The van der Waals surface area contributed by atoms with E-state index in [0.717, 1.165) is 22.1 Å². The van der Waals surface area contributed by atoms with Gasteiger partial charge in [0.25, 0.3) is 6.47 Å². The third-order valence-electron chi connectivity index (χ3n) is 4.93. The number of methoxy groups -OCH3 is 1. The molecule has 0 heterocycles. The van der Waals surface area contributed by atoms with E-state index in [-0.39, 0.29) is 0 Å². The monoisotopic (exact) mass is 379 g/mol. The smallest absolute Gasteiger partial charge is 0.295 e. The molecule has 1 atom stereocenters. The van der Waals surface area contributed by atoms with Crippen molar-refractivity contribution in [2.45, 2.75) is 12.1 Å². The average molecular weight is 379 g/mol. The largest absolute Gasteiger partial charge is 0.497 e. The molecule has 5 nitrogen and oxygen atoms in total. The van der Waals surface area contributed by atoms with Crippen LogP contribution >= 0.6 is 0 Å². The SMILES string of the molecule is COc1cccc(C(CCOc2cccc3ccccc23)(OC=O)N(C)C)c1. The van der Waals surface area contributed by atoms with E-state index >= 15 is 0 Å². The minimum Gasteiger partial charge on any atom is -0.497 e. The molecule has 3 aromatic rings. The number of carbonyl (C=O) groups excluding carboxylic acids is 1. The highest BCUT2D eigenvalue weighted by Gasteiger charge is 2.37. The predicted molar refractivity (Wildman–Crippen MR) is 110 cm³/mol. The van der Waals surface area contributed by atoms with Gasteiger partial charge in [-0.3, -0.25) is 9.69 Å². The van der Waals surface area contributed by atoms with Crippen molar-refractivity contribution in [3.05, 3.63) is 72.3 Å². The highest BCUT2D eigenvalue weighted by atomic mass is 16.6. The number of rotatable bonds is 9. The van der Waals surface area contributed by atoms with Crippen LogP contribution in [0.2, 0.25) is 0 Å². The van der Waals surface area contributed by atoms with E-state index in [1.807, 2.05) is 73.6 Å². The number of nitrogens with zero attached hydrogens (tertiary/aromatic N) is 1. The van der Waals surface area contributed by atoms with E-state index in [1.165, 1.54) is 0 Å². The molecule has 0 aromatic heterocycles. The number of fused-ring (bicyclic) bond motifs is 1. The van der Waals surface area contributed by atoms with Crippen molar-refractivity contribution < 1.29 is 19.0 Å². The molecule has 0 aliphatic rings. The molecule has 0 saturated heterocycles. The summed E-state index contributed by atoms with van der Waals surface area (Å²) >= 11 is 0. The molecule has 1 unspecified atom stereocenters. The van der Waals surface area contributed by atoms with Gasteiger partial charge in [-0.25, -0.2) is 0 Å². The number of benzene rings is 3. The summed E-state index contributed by atoms with van der Waals surface area (Å²) in [6.45, 7) is 0.856. The van der Waals surface area contributed by atoms with E-state index in [9.17, 15) is 4.79 Å². The van der Waals surface area contributed by atoms with E-state index in [0.29, 0.717) is 25.2 Å². The Hall–Kier alpha value is -3.05. The maximum Gasteiger partial charge on any atom is 0.295 e. The minimum atomic E-state index is -0.957. The van der Waals surface area contributed by atoms with Crippen LogP contribution in [0.4, 0.5) is 0 Å². The second-order valence-electron chi connectivity index (χ2n) is 6.70. The molecule has 0 radical (unpaired) electrons. The zero-order valence-electron chi connectivity index (χ0n) is 16.4. The normalized spacial score (nSPS) is 13.1. The molecule has 0 fully saturated rings. The van der Waals surface area contributed by atoms with Crippen LogP contribution in [0.15, 0.2) is 66.7 Å². The maximum atomic E-state index is 11.3. The Bertz CT molecular complexity index is 935. The molecule has 28 heavy (non-hydrogen) atoms. The Kier molecular flexibility index (Phi) is 6.16. The van der Waals surface area contributed by atoms with Crippen LogP contribution in [0.25, 0.3) is 10.8 Å². The Morgan fingerprint density at radius 2 is 1.75 bits per heavy atom. The lowest BCUT2D eigenvalue weighted by molar-refractivity contribution is -0.170. The van der Waals surface area contributed by atoms with Gasteiger partial charge < -0.3 is 14.2 Å². The summed E-state index contributed by atoms with van der Waals surface area (Å²) in [7, 11) is 5.36. The summed E-state index contributed by atoms with van der Waals surface area (Å²) in [5.74, 6) is 1.51. The van der Waals surface area contributed by atoms with Gasteiger partial charge >= 0.3 is 0 Å². The standard InChI is InChI=1S/C23H25NO4/c1-24(2)23(28-17-25,19-10-7-11-20(16-19)26-3)14-15-27-22-13-6-9-18-8-4-5-12-21(18)22/h4-13,16-17H,14-15H2,1-3H3. The van der Waals surface area contributed by atoms with Crippen LogP contribution < -0.4 is 9.47 Å². The van der Waals surface area contributed by atoms with Crippen molar-refractivity contribution in [2.24, 2.45) is 0 Å². The fraction of sp³-hybridized carbons (Fsp3) is 0.261. The van der Waals surface area contributed by atoms with Gasteiger partial charge in [0.05, 0.1) is 13.7 Å². The fourth-order valence-electron chi connectivity index (χ4n) is 3.43. The third-order valence-corrected chi connectivity index (χ3v) is 4.93. The van der Waals surface area contributed by atoms with E-state index in [1.54, 1.807) is 7.11 Å². The van der Waals surface area contributed by atoms with E-state index in [2.05, 4.69) is 12.1 Å². The summed E-state index contributed by atoms with van der Waals surface area (Å²) < 4.78 is 17.0. The van der Waals surface area contributed by atoms with Gasteiger partial charge in [0.2, 0.25) is 0 Å². The van der Waals surface area contributed by atoms with Crippen molar-refractivity contribution in [3.8, 4) is 11.5 Å². The topological polar surface area (TPSA) is 48.0 Å². The molecule has 0 saturated carbocycles. The average Bonchev–Trinajstić information content (AvgIpc) is 2.73. The van der Waals surface area contributed by atoms with Crippen LogP contribution in [-0.4, -0.2) is 39.2 Å². The highest BCUT2D eigenvalue weighted by Crippen LogP contribution is 2.34. The van der Waals surface area contributed by atoms with Gasteiger partial charge in [-0.2, -0.15) is 0 Å². The van der Waals surface area contributed by atoms with Crippen molar-refractivity contribution in [1.82, 2.24) is 4.90 Å². The number of hydrogen-bond acceptors (Lipinski definition) is 5. The third kappa shape index (κ3) is 3.94. The van der Waals surface area contributed by atoms with Gasteiger partial charge in [0, 0.05) is 17.4 Å². The van der Waals surface area contributed by atoms with Crippen LogP contribution in [0.1, 0.15) is 12.0 Å². The second kappa shape index (κ2) is 8.76. The van der Waals surface area contributed by atoms with E-state index < -0.39 is 5.72 Å². The molecular weight excluding hydrogens is 354 g/mol. The molecule has 0 N–H and O–H groups in total. The van der Waals surface area contributed by atoms with Gasteiger partial charge in [-0.05, 0) is 37.7 Å². The summed E-state index contributed by atoms with van der Waals surface area (Å²) in [6.07, 6.45) is 0.454. The molecule has 0 aliphatic carbocycles. The lowest BCUT2D eigenvalue weighted by atomic mass is 9.97. The maximum absolute atomic E-state index is 11.3. The lowest BCUT2D eigenvalue weighted by Crippen LogP contribution is -2.45. The first-order chi connectivity index (χ1) is 13.6. The zero-order valence-corrected chi connectivity index (χ0v) is 16.4. The second-order valence-corrected chi connectivity index (χ2v) is 6.70. The molecular formula is C23H25NO4. The van der Waals surface area contributed by atoms with Crippen molar-refractivity contribution in [2.75, 3.05) is 27.8 Å². The summed E-state index contributed by atoms with van der Waals surface area (Å²) in [4.78, 5) is 13.2. The minimum absolute atomic E-state index is 0.372. The zero-order chi connectivity index (χ0) is 20.0. The number of hydrogen-bond donors (Lipinski definition) is 0. The molecule has 0 spiro atoms. The molecule has 0 aliphatic heterocycles. The fourth-order valence-corrected chi connectivity index (χ4v) is 3.43. The summed E-state index contributed by atoms with van der Waals surface area (Å²) in [5.41, 5.74) is -0.133. The lowest BCUT2D eigenvalue weighted by Gasteiger charge is -2.38. The number of carbonyl (C=O) groups is 1. The van der Waals surface area contributed by atoms with Gasteiger partial charge in [-0.1, -0.05) is 48.5 Å². The molecule has 0 bridgehead atoms. The van der Waals surface area contributed by atoms with E-state index in [4.69, 9.17) is 14.2 Å². The highest BCUT2D eigenvalue weighted by molar-refractivity contribution is 5.88. The molecule has 0 amide bonds. The predicted octanol–water partition coefficient (Wildman–Crippen LogP) is 4.20. The Balaban J connectivity index is 1.86. The van der Waals surface area contributed by atoms with Crippen LogP contribution in [0.5, 0.6) is 11.5 Å². The quantitative estimate of drug-likeness (QED) is 0.412. The van der Waals surface area contributed by atoms with Gasteiger partial charge in [0.1, 0.15) is 11.5 Å². The Labute approximate surface area is 165 Å². The molecule has 5 heteroatoms. The first-order valence-electron chi connectivity index (χ1n) is 9.15. The first kappa shape index (κ1) is 19.7. The van der Waals surface area contributed by atoms with Gasteiger partial charge in [0.15, 0.2) is 5.72 Å². The van der Waals surface area contributed by atoms with Crippen LogP contribution in [0.3, 0.4) is 0 Å². The van der Waals surface area contributed by atoms with Crippen LogP contribution in [-0.2, 0) is 15.3 Å². The Morgan fingerprint density at radius 3 is 2.50 bits per heavy atom. The first-order valence-corrected chi connectivity index (χ1v) is 9.15. The Morgan fingerprint density at radius 1 is 1.00 bits per heavy atom. The summed E-state index contributed by atoms with van der Waals surface area (Å²) in [6, 6.07) is 21.6. The summed E-state index contributed by atoms with van der Waals surface area (Å²) in [5, 5.41) is 2.17. The molecule has 3 aromatic carbocycles. The molecule has 146 valence electrons. The number of ether oxygens (including phenoxy) is 3. The van der Waals surface area contributed by atoms with Crippen molar-refractivity contribution in [3.63, 3.8) is 0 Å².